The van der Waals surface area contributed by atoms with Gasteiger partial charge in [-0.05, 0) is 92.8 Å². The van der Waals surface area contributed by atoms with Gasteiger partial charge in [0, 0.05) is 36.2 Å². The number of rotatable bonds is 5. The summed E-state index contributed by atoms with van der Waals surface area (Å²) in [5.41, 5.74) is 0.443. The molecule has 2 aromatic carbocycles. The van der Waals surface area contributed by atoms with Crippen LogP contribution in [-0.2, 0) is 22.8 Å². The lowest BCUT2D eigenvalue weighted by atomic mass is 9.48. The Morgan fingerprint density at radius 1 is 1.14 bits per heavy atom. The zero-order chi connectivity index (χ0) is 29.4. The monoisotopic (exact) mass is 578 g/mol. The number of carbonyl (C=O) groups is 1. The van der Waals surface area contributed by atoms with E-state index in [1.54, 1.807) is 0 Å². The van der Waals surface area contributed by atoms with Gasteiger partial charge in [-0.2, -0.15) is 13.2 Å². The van der Waals surface area contributed by atoms with E-state index in [0.29, 0.717) is 24.9 Å². The average Bonchev–Trinajstić information content (AvgIpc) is 3.69. The molecule has 2 heterocycles. The number of hydrogen-bond donors (Lipinski definition) is 1. The van der Waals surface area contributed by atoms with Gasteiger partial charge in [0.2, 0.25) is 0 Å². The number of alkyl halides is 3. The van der Waals surface area contributed by atoms with Crippen LogP contribution in [0.3, 0.4) is 0 Å². The second-order valence-corrected chi connectivity index (χ2v) is 13.4. The first-order valence-corrected chi connectivity index (χ1v) is 15.3. The fourth-order valence-electron chi connectivity index (χ4n) is 8.45. The standard InChI is InChI=1S/C34H37F3N2O3/c1-21(2)19-39(29(40)13-10-22-8-11-25(12-9-22)34(35,36)37)26-14-15-33(41)28-18-24-4-3-5-27-30(24)32(33,31(26)42-27)16-17-38(28)20-23-6-7-23/h3-5,8-9,11-12,21,23,26,28,31,41H,6-7,14-20H2,1-2H3/t26-,28-,31+,32+,33-/m1/s1. The molecule has 0 radical (unpaired) electrons. The Hall–Kier alpha value is -3.02. The van der Waals surface area contributed by atoms with Crippen LogP contribution in [0.25, 0.3) is 0 Å². The molecule has 1 spiro atoms. The number of amides is 1. The van der Waals surface area contributed by atoms with Gasteiger partial charge >= 0.3 is 6.18 Å². The van der Waals surface area contributed by atoms with Crippen LogP contribution in [0.4, 0.5) is 13.2 Å². The maximum absolute atomic E-state index is 13.8. The third-order valence-electron chi connectivity index (χ3n) is 10.4. The van der Waals surface area contributed by atoms with E-state index in [4.69, 9.17) is 4.74 Å². The highest BCUT2D eigenvalue weighted by molar-refractivity contribution is 5.94. The largest absolute Gasteiger partial charge is 0.487 e. The molecule has 2 aromatic rings. The van der Waals surface area contributed by atoms with Gasteiger partial charge in [-0.25, -0.2) is 0 Å². The number of hydrogen-bond acceptors (Lipinski definition) is 4. The van der Waals surface area contributed by atoms with Crippen LogP contribution >= 0.6 is 0 Å². The smallest absolute Gasteiger partial charge is 0.416 e. The highest BCUT2D eigenvalue weighted by Gasteiger charge is 2.73. The van der Waals surface area contributed by atoms with Crippen molar-refractivity contribution in [2.24, 2.45) is 11.8 Å². The molecule has 8 heteroatoms. The number of ether oxygens (including phenoxy) is 1. The Morgan fingerprint density at radius 3 is 2.60 bits per heavy atom. The SMILES string of the molecule is CC(C)CN(C(=O)C#Cc1ccc(C(F)(F)F)cc1)[C@@H]1CC[C@@]2(O)[C@H]3Cc4cccc5c4[C@@]2(CCN3CC2CC2)[C@H]1O5. The van der Waals surface area contributed by atoms with Crippen LogP contribution in [0, 0.1) is 23.7 Å². The van der Waals surface area contributed by atoms with E-state index in [1.165, 1.54) is 30.5 Å². The second-order valence-electron chi connectivity index (χ2n) is 13.4. The van der Waals surface area contributed by atoms with E-state index < -0.39 is 28.9 Å². The van der Waals surface area contributed by atoms with Crippen molar-refractivity contribution in [2.45, 2.75) is 87.8 Å². The van der Waals surface area contributed by atoms with Crippen LogP contribution < -0.4 is 4.74 Å². The molecule has 3 aliphatic carbocycles. The lowest BCUT2D eigenvalue weighted by Gasteiger charge is -2.65. The van der Waals surface area contributed by atoms with Gasteiger partial charge in [0.05, 0.1) is 22.6 Å². The molecule has 1 amide bonds. The maximum Gasteiger partial charge on any atom is 0.416 e. The van der Waals surface area contributed by atoms with Crippen molar-refractivity contribution in [3.8, 4) is 17.6 Å². The van der Waals surface area contributed by atoms with Gasteiger partial charge in [-0.3, -0.25) is 9.69 Å². The molecule has 5 nitrogen and oxygen atoms in total. The molecular formula is C34H37F3N2O3. The molecule has 42 heavy (non-hydrogen) atoms. The Balaban J connectivity index is 1.23. The van der Waals surface area contributed by atoms with E-state index in [0.717, 1.165) is 55.3 Å². The number of carbonyl (C=O) groups excluding carboxylic acids is 1. The van der Waals surface area contributed by atoms with Gasteiger partial charge in [-0.15, -0.1) is 0 Å². The molecule has 1 saturated heterocycles. The molecule has 2 saturated carbocycles. The molecule has 0 aromatic heterocycles. The summed E-state index contributed by atoms with van der Waals surface area (Å²) in [5, 5.41) is 12.7. The average molecular weight is 579 g/mol. The van der Waals surface area contributed by atoms with Crippen LogP contribution in [0.15, 0.2) is 42.5 Å². The summed E-state index contributed by atoms with van der Waals surface area (Å²) in [5.74, 6) is 6.87. The van der Waals surface area contributed by atoms with Crippen molar-refractivity contribution < 1.29 is 27.8 Å². The van der Waals surface area contributed by atoms with Crippen molar-refractivity contribution in [3.63, 3.8) is 0 Å². The van der Waals surface area contributed by atoms with Crippen molar-refractivity contribution in [3.05, 3.63) is 64.7 Å². The number of benzene rings is 2. The minimum atomic E-state index is -4.43. The van der Waals surface area contributed by atoms with Gasteiger partial charge < -0.3 is 14.7 Å². The van der Waals surface area contributed by atoms with Crippen LogP contribution in [-0.4, -0.2) is 64.2 Å². The lowest BCUT2D eigenvalue weighted by molar-refractivity contribution is -0.201. The fraction of sp³-hybridized carbons (Fsp3) is 0.559. The Bertz CT molecular complexity index is 1460. The molecule has 7 rings (SSSR count). The fourth-order valence-corrected chi connectivity index (χ4v) is 8.45. The molecule has 2 bridgehead atoms. The predicted molar refractivity (Wildman–Crippen MR) is 152 cm³/mol. The molecule has 3 fully saturated rings. The number of halogens is 3. The lowest BCUT2D eigenvalue weighted by Crippen LogP contribution is -2.78. The van der Waals surface area contributed by atoms with E-state index in [1.807, 2.05) is 17.0 Å². The predicted octanol–water partition coefficient (Wildman–Crippen LogP) is 5.17. The summed E-state index contributed by atoms with van der Waals surface area (Å²) in [6.45, 7) is 6.51. The number of likely N-dealkylation sites (tertiary alicyclic amines) is 1. The Labute approximate surface area is 245 Å². The molecule has 222 valence electrons. The number of aliphatic hydroxyl groups is 1. The Kier molecular flexibility index (Phi) is 6.45. The zero-order valence-electron chi connectivity index (χ0n) is 24.1. The normalized spacial score (nSPS) is 31.2. The third kappa shape index (κ3) is 4.26. The molecule has 2 aliphatic heterocycles. The quantitative estimate of drug-likeness (QED) is 0.498. The highest BCUT2D eigenvalue weighted by Crippen LogP contribution is 2.64. The number of nitrogens with zero attached hydrogens (tertiary/aromatic N) is 2. The highest BCUT2D eigenvalue weighted by atomic mass is 19.4. The molecule has 0 unspecified atom stereocenters. The number of piperidine rings is 1. The van der Waals surface area contributed by atoms with Crippen molar-refractivity contribution in [1.82, 2.24) is 9.80 Å². The summed E-state index contributed by atoms with van der Waals surface area (Å²) >= 11 is 0. The second kappa shape index (κ2) is 9.75. The topological polar surface area (TPSA) is 53.0 Å². The van der Waals surface area contributed by atoms with Gasteiger partial charge in [0.1, 0.15) is 11.9 Å². The first-order valence-electron chi connectivity index (χ1n) is 15.3. The van der Waals surface area contributed by atoms with Crippen LogP contribution in [0.2, 0.25) is 0 Å². The molecular weight excluding hydrogens is 541 g/mol. The minimum absolute atomic E-state index is 0.0217. The van der Waals surface area contributed by atoms with E-state index in [9.17, 15) is 23.1 Å². The third-order valence-corrected chi connectivity index (χ3v) is 10.4. The minimum Gasteiger partial charge on any atom is -0.487 e. The van der Waals surface area contributed by atoms with Crippen molar-refractivity contribution in [1.29, 1.82) is 0 Å². The summed E-state index contributed by atoms with van der Waals surface area (Å²) < 4.78 is 45.8. The molecule has 5 aliphatic rings. The van der Waals surface area contributed by atoms with Crippen LogP contribution in [0.1, 0.15) is 68.2 Å². The summed E-state index contributed by atoms with van der Waals surface area (Å²) in [6, 6.07) is 10.5. The summed E-state index contributed by atoms with van der Waals surface area (Å²) in [7, 11) is 0. The van der Waals surface area contributed by atoms with E-state index in [2.05, 4.69) is 36.7 Å². The van der Waals surface area contributed by atoms with Gasteiger partial charge in [0.25, 0.3) is 5.91 Å². The van der Waals surface area contributed by atoms with Crippen molar-refractivity contribution >= 4 is 5.91 Å². The van der Waals surface area contributed by atoms with E-state index in [-0.39, 0.29) is 23.9 Å². The van der Waals surface area contributed by atoms with Crippen molar-refractivity contribution in [2.75, 3.05) is 19.6 Å². The zero-order valence-corrected chi connectivity index (χ0v) is 24.1. The summed E-state index contributed by atoms with van der Waals surface area (Å²) in [4.78, 5) is 18.1. The first kappa shape index (κ1) is 27.8. The van der Waals surface area contributed by atoms with Gasteiger partial charge in [0.15, 0.2) is 0 Å². The Morgan fingerprint density at radius 2 is 1.90 bits per heavy atom. The van der Waals surface area contributed by atoms with E-state index >= 15 is 0 Å². The molecule has 5 atom stereocenters. The maximum atomic E-state index is 13.8. The first-order chi connectivity index (χ1) is 20.0. The van der Waals surface area contributed by atoms with Crippen LogP contribution in [0.5, 0.6) is 5.75 Å². The van der Waals surface area contributed by atoms with Gasteiger partial charge in [-0.1, -0.05) is 31.9 Å². The summed E-state index contributed by atoms with van der Waals surface area (Å²) in [6.07, 6.45) is 0.465. The molecule has 1 N–H and O–H groups in total.